The molecule has 1 saturated carbocycles. The second-order valence-electron chi connectivity index (χ2n) is 3.62. The van der Waals surface area contributed by atoms with Crippen molar-refractivity contribution in [3.8, 4) is 0 Å². The van der Waals surface area contributed by atoms with Gasteiger partial charge in [0, 0.05) is 19.3 Å². The Morgan fingerprint density at radius 1 is 1.33 bits per heavy atom. The molecule has 1 aliphatic rings. The Hall–Kier alpha value is -0.530. The van der Waals surface area contributed by atoms with Crippen LogP contribution >= 0.6 is 0 Å². The van der Waals surface area contributed by atoms with E-state index in [0.717, 1.165) is 25.7 Å². The van der Waals surface area contributed by atoms with Gasteiger partial charge in [-0.15, -0.1) is 0 Å². The van der Waals surface area contributed by atoms with Crippen molar-refractivity contribution in [2.75, 3.05) is 0 Å². The third-order valence-electron chi connectivity index (χ3n) is 2.53. The smallest absolute Gasteiger partial charge is 0.162 e. The summed E-state index contributed by atoms with van der Waals surface area (Å²) in [6.07, 6.45) is 9.82. The summed E-state index contributed by atoms with van der Waals surface area (Å²) in [6, 6.07) is 0.297. The van der Waals surface area contributed by atoms with Gasteiger partial charge in [-0.2, -0.15) is 0 Å². The zero-order valence-electron chi connectivity index (χ0n) is 7.96. The van der Waals surface area contributed by atoms with Crippen molar-refractivity contribution in [1.29, 1.82) is 0 Å². The molecule has 2 nitrogen and oxygen atoms in total. The molecule has 0 amide bonds. The Kier molecular flexibility index (Phi) is 4.12. The maximum absolute atomic E-state index is 11.4. The van der Waals surface area contributed by atoms with Gasteiger partial charge >= 0.3 is 0 Å². The van der Waals surface area contributed by atoms with E-state index in [9.17, 15) is 5.21 Å². The van der Waals surface area contributed by atoms with Gasteiger partial charge in [0.2, 0.25) is 0 Å². The summed E-state index contributed by atoms with van der Waals surface area (Å²) >= 11 is 0. The van der Waals surface area contributed by atoms with Crippen molar-refractivity contribution in [2.24, 2.45) is 0 Å². The molecule has 0 aliphatic heterocycles. The number of rotatable bonds is 3. The van der Waals surface area contributed by atoms with Gasteiger partial charge in [0.1, 0.15) is 0 Å². The summed E-state index contributed by atoms with van der Waals surface area (Å²) in [5.41, 5.74) is 0. The van der Waals surface area contributed by atoms with Gasteiger partial charge in [0.05, 0.1) is 0 Å². The van der Waals surface area contributed by atoms with Crippen molar-refractivity contribution >= 4 is 6.21 Å². The molecule has 0 bridgehead atoms. The molecule has 0 heterocycles. The average Bonchev–Trinajstić information content (AvgIpc) is 2.15. The topological polar surface area (TPSA) is 26.1 Å². The molecule has 0 unspecified atom stereocenters. The lowest BCUT2D eigenvalue weighted by Crippen LogP contribution is -2.24. The third-order valence-corrected chi connectivity index (χ3v) is 2.53. The molecule has 0 spiro atoms. The normalized spacial score (nSPS) is 21.2. The quantitative estimate of drug-likeness (QED) is 0.276. The third kappa shape index (κ3) is 2.84. The Bertz CT molecular complexity index is 148. The van der Waals surface area contributed by atoms with Gasteiger partial charge < -0.3 is 5.21 Å². The van der Waals surface area contributed by atoms with E-state index in [4.69, 9.17) is 0 Å². The monoisotopic (exact) mass is 169 g/mol. The molecule has 0 aromatic heterocycles. The van der Waals surface area contributed by atoms with Crippen LogP contribution in [0.5, 0.6) is 0 Å². The van der Waals surface area contributed by atoms with E-state index >= 15 is 0 Å². The van der Waals surface area contributed by atoms with Gasteiger partial charge in [-0.25, -0.2) is 4.74 Å². The van der Waals surface area contributed by atoms with Crippen molar-refractivity contribution < 1.29 is 4.74 Å². The van der Waals surface area contributed by atoms with Crippen LogP contribution in [0.25, 0.3) is 0 Å². The largest absolute Gasteiger partial charge is 0.624 e. The molecule has 0 saturated heterocycles. The molecule has 0 aromatic carbocycles. The van der Waals surface area contributed by atoms with Crippen LogP contribution in [-0.4, -0.2) is 17.0 Å². The number of hydrogen-bond acceptors (Lipinski definition) is 1. The second-order valence-corrected chi connectivity index (χ2v) is 3.62. The molecule has 0 radical (unpaired) electrons. The van der Waals surface area contributed by atoms with Crippen LogP contribution in [0.3, 0.4) is 0 Å². The number of hydrogen-bond donors (Lipinski definition) is 0. The Balaban J connectivity index is 2.33. The highest BCUT2D eigenvalue weighted by Crippen LogP contribution is 2.19. The first-order chi connectivity index (χ1) is 5.84. The van der Waals surface area contributed by atoms with E-state index in [1.165, 1.54) is 24.0 Å². The molecule has 1 fully saturated rings. The predicted octanol–water partition coefficient (Wildman–Crippen LogP) is 2.70. The van der Waals surface area contributed by atoms with E-state index < -0.39 is 0 Å². The van der Waals surface area contributed by atoms with Crippen molar-refractivity contribution in [2.45, 2.75) is 57.9 Å². The molecule has 70 valence electrons. The van der Waals surface area contributed by atoms with Crippen LogP contribution < -0.4 is 0 Å². The summed E-state index contributed by atoms with van der Waals surface area (Å²) in [6.45, 7) is 2.10. The molecule has 0 aromatic rings. The van der Waals surface area contributed by atoms with Crippen LogP contribution in [0, 0.1) is 5.21 Å². The maximum atomic E-state index is 11.4. The van der Waals surface area contributed by atoms with Crippen molar-refractivity contribution in [1.82, 2.24) is 0 Å². The first-order valence-electron chi connectivity index (χ1n) is 5.13. The SMILES string of the molecule is CCCC=[N+]([O-])C1CCCCC1. The minimum absolute atomic E-state index is 0.297. The Morgan fingerprint density at radius 2 is 2.00 bits per heavy atom. The Morgan fingerprint density at radius 3 is 2.58 bits per heavy atom. The number of unbranched alkanes of at least 4 members (excludes halogenated alkanes) is 1. The van der Waals surface area contributed by atoms with Gasteiger partial charge in [0.15, 0.2) is 12.3 Å². The minimum atomic E-state index is 0.297. The first-order valence-corrected chi connectivity index (χ1v) is 5.13. The fourth-order valence-corrected chi connectivity index (χ4v) is 1.74. The molecule has 1 aliphatic carbocycles. The minimum Gasteiger partial charge on any atom is -0.624 e. The zero-order valence-corrected chi connectivity index (χ0v) is 7.96. The standard InChI is InChI=1S/C10H19NO/c1-2-3-9-11(12)10-7-5-4-6-8-10/h9-10H,2-8H2,1H3. The van der Waals surface area contributed by atoms with E-state index in [1.54, 1.807) is 0 Å². The molecule has 12 heavy (non-hydrogen) atoms. The number of nitrogens with zero attached hydrogens (tertiary/aromatic N) is 1. The van der Waals surface area contributed by atoms with Crippen LogP contribution in [0.2, 0.25) is 0 Å². The van der Waals surface area contributed by atoms with Gasteiger partial charge in [-0.3, -0.25) is 0 Å². The predicted molar refractivity (Wildman–Crippen MR) is 51.5 cm³/mol. The van der Waals surface area contributed by atoms with Crippen LogP contribution in [0.1, 0.15) is 51.9 Å². The molecule has 1 rings (SSSR count). The molecular formula is C10H19NO. The van der Waals surface area contributed by atoms with Crippen molar-refractivity contribution in [3.05, 3.63) is 5.21 Å². The summed E-state index contributed by atoms with van der Waals surface area (Å²) < 4.78 is 1.20. The number of hydroxylamine groups is 1. The molecule has 2 heteroatoms. The second kappa shape index (κ2) is 5.18. The lowest BCUT2D eigenvalue weighted by Gasteiger charge is -2.20. The van der Waals surface area contributed by atoms with Crippen LogP contribution in [0.4, 0.5) is 0 Å². The van der Waals surface area contributed by atoms with E-state index in [1.807, 2.05) is 6.21 Å². The molecule has 0 N–H and O–H groups in total. The van der Waals surface area contributed by atoms with Gasteiger partial charge in [-0.1, -0.05) is 13.3 Å². The lowest BCUT2D eigenvalue weighted by molar-refractivity contribution is -0.502. The van der Waals surface area contributed by atoms with Crippen LogP contribution in [0.15, 0.2) is 0 Å². The highest BCUT2D eigenvalue weighted by Gasteiger charge is 2.18. The fourth-order valence-electron chi connectivity index (χ4n) is 1.74. The zero-order chi connectivity index (χ0) is 8.81. The lowest BCUT2D eigenvalue weighted by atomic mass is 9.96. The summed E-state index contributed by atoms with van der Waals surface area (Å²) in [4.78, 5) is 0. The molecule has 0 atom stereocenters. The summed E-state index contributed by atoms with van der Waals surface area (Å²) in [5, 5.41) is 11.4. The Labute approximate surface area is 74.9 Å². The van der Waals surface area contributed by atoms with Crippen molar-refractivity contribution in [3.63, 3.8) is 0 Å². The first kappa shape index (κ1) is 9.56. The maximum Gasteiger partial charge on any atom is 0.162 e. The van der Waals surface area contributed by atoms with E-state index in [0.29, 0.717) is 6.04 Å². The highest BCUT2D eigenvalue weighted by molar-refractivity contribution is 5.51. The summed E-state index contributed by atoms with van der Waals surface area (Å²) in [5.74, 6) is 0. The average molecular weight is 169 g/mol. The highest BCUT2D eigenvalue weighted by atomic mass is 16.5. The van der Waals surface area contributed by atoms with Gasteiger partial charge in [0.25, 0.3) is 0 Å². The van der Waals surface area contributed by atoms with E-state index in [-0.39, 0.29) is 0 Å². The fraction of sp³-hybridized carbons (Fsp3) is 0.900. The summed E-state index contributed by atoms with van der Waals surface area (Å²) in [7, 11) is 0. The van der Waals surface area contributed by atoms with Gasteiger partial charge in [-0.05, 0) is 19.3 Å². The van der Waals surface area contributed by atoms with Crippen LogP contribution in [-0.2, 0) is 0 Å². The molecular weight excluding hydrogens is 150 g/mol. The van der Waals surface area contributed by atoms with E-state index in [2.05, 4.69) is 6.92 Å².